The highest BCUT2D eigenvalue weighted by Gasteiger charge is 2.41. The van der Waals surface area contributed by atoms with Gasteiger partial charge in [0.2, 0.25) is 94.5 Å². The molecule has 0 aliphatic heterocycles. The number of carboxylic acids is 3. The first-order valence-electron chi connectivity index (χ1n) is 39.5. The summed E-state index contributed by atoms with van der Waals surface area (Å²) in [6.07, 6.45) is -5.72. The maximum absolute atomic E-state index is 14.7. The van der Waals surface area contributed by atoms with Crippen molar-refractivity contribution in [2.24, 2.45) is 41.1 Å². The lowest BCUT2D eigenvalue weighted by Crippen LogP contribution is -2.63. The van der Waals surface area contributed by atoms with E-state index in [9.17, 15) is 132 Å². The van der Waals surface area contributed by atoms with Gasteiger partial charge in [-0.05, 0) is 93.6 Å². The first kappa shape index (κ1) is 108. The van der Waals surface area contributed by atoms with Gasteiger partial charge < -0.3 is 132 Å². The SMILES string of the molecule is CC[C@H](C)[C@H](NC(=O)[C@H](Cc1ccccc1)NC(=O)[C@H](CCC(=O)O)NC(=O)[C@H](C)NC(=O)[C@H](CCSC)NC(=O)[C@H](CO)NC(=O)[C@@H](NC(=O)[C@H](CCC(=O)O)NC(=O)[C@H](CC(C)C)NC(=O)[C@@H](N)C(C)C)[C@@H](C)O)C(=O)N[C@@H](CO)C(=O)N[C@H](C(=O)N[C@@H](CC(N)=O)C(=O)N[C@H](C(=O)N[C@H](C(=O)N[C@@H](CO)C(=O)O)[C@@H](C)CC)C(C)C)[C@@H](C)O. The van der Waals surface area contributed by atoms with Gasteiger partial charge in [-0.15, -0.1) is 0 Å². The molecule has 0 radical (unpaired) electrons. The van der Waals surface area contributed by atoms with E-state index in [1.54, 1.807) is 85.1 Å². The highest BCUT2D eigenvalue weighted by Crippen LogP contribution is 2.17. The molecule has 0 bridgehead atoms. The van der Waals surface area contributed by atoms with Gasteiger partial charge in [-0.3, -0.25) is 86.3 Å². The molecule has 121 heavy (non-hydrogen) atoms. The number of hydrogen-bond acceptors (Lipinski definition) is 26. The van der Waals surface area contributed by atoms with Crippen LogP contribution in [0, 0.1) is 29.6 Å². The summed E-state index contributed by atoms with van der Waals surface area (Å²) in [5.74, 6) is -25.1. The van der Waals surface area contributed by atoms with E-state index in [-0.39, 0.29) is 49.7 Å². The second kappa shape index (κ2) is 54.5. The van der Waals surface area contributed by atoms with E-state index >= 15 is 0 Å². The van der Waals surface area contributed by atoms with Gasteiger partial charge in [-0.25, -0.2) is 4.79 Å². The molecule has 1 aromatic carbocycles. The van der Waals surface area contributed by atoms with Crippen LogP contribution in [-0.2, 0) is 97.5 Å². The van der Waals surface area contributed by atoms with Gasteiger partial charge in [0.15, 0.2) is 0 Å². The summed E-state index contributed by atoms with van der Waals surface area (Å²) in [5, 5.41) is 116. The van der Waals surface area contributed by atoms with Crippen LogP contribution in [0.2, 0.25) is 0 Å². The molecule has 0 heterocycles. The minimum atomic E-state index is -2.06. The third-order valence-corrected chi connectivity index (χ3v) is 19.9. The molecule has 1 rings (SSSR count). The number of aliphatic hydroxyl groups excluding tert-OH is 5. The fourth-order valence-electron chi connectivity index (χ4n) is 11.4. The number of aliphatic hydroxyl groups is 5. The summed E-state index contributed by atoms with van der Waals surface area (Å²) in [6, 6.07) is -19.0. The number of benzene rings is 1. The Morgan fingerprint density at radius 3 is 1.11 bits per heavy atom. The smallest absolute Gasteiger partial charge is 0.328 e. The minimum absolute atomic E-state index is 0.0445. The second-order valence-electron chi connectivity index (χ2n) is 30.5. The van der Waals surface area contributed by atoms with Crippen molar-refractivity contribution in [3.8, 4) is 0 Å². The summed E-state index contributed by atoms with van der Waals surface area (Å²) in [4.78, 5) is 256. The van der Waals surface area contributed by atoms with Crippen molar-refractivity contribution in [1.82, 2.24) is 79.8 Å². The topological polar surface area (TPSA) is 719 Å². The fraction of sp³-hybridized carbons (Fsp3) is 0.671. The minimum Gasteiger partial charge on any atom is -0.481 e. The van der Waals surface area contributed by atoms with Gasteiger partial charge in [-0.1, -0.05) is 112 Å². The van der Waals surface area contributed by atoms with E-state index in [1.807, 2.05) is 0 Å². The Balaban J connectivity index is 3.57. The number of amides is 16. The predicted octanol–water partition coefficient (Wildman–Crippen LogP) is -7.52. The lowest BCUT2D eigenvalue weighted by molar-refractivity contribution is -0.144. The molecule has 0 fully saturated rings. The van der Waals surface area contributed by atoms with E-state index in [0.29, 0.717) is 5.56 Å². The van der Waals surface area contributed by atoms with E-state index in [1.165, 1.54) is 32.5 Å². The molecule has 45 heteroatoms. The third-order valence-electron chi connectivity index (χ3n) is 19.3. The quantitative estimate of drug-likeness (QED) is 0.0288. The molecule has 20 atom stereocenters. The monoisotopic (exact) mass is 1740 g/mol. The highest BCUT2D eigenvalue weighted by molar-refractivity contribution is 7.98. The average molecular weight is 1740 g/mol. The number of carbonyl (C=O) groups excluding carboxylic acids is 16. The van der Waals surface area contributed by atoms with Crippen molar-refractivity contribution in [2.75, 3.05) is 31.8 Å². The largest absolute Gasteiger partial charge is 0.481 e. The lowest BCUT2D eigenvalue weighted by Gasteiger charge is -2.30. The zero-order valence-electron chi connectivity index (χ0n) is 70.5. The zero-order chi connectivity index (χ0) is 92.6. The number of carbonyl (C=O) groups is 19. The first-order valence-corrected chi connectivity index (χ1v) is 40.9. The molecule has 0 spiro atoms. The van der Waals surface area contributed by atoms with Crippen LogP contribution >= 0.6 is 11.8 Å². The number of thioether (sulfide) groups is 1. The lowest BCUT2D eigenvalue weighted by atomic mass is 9.96. The van der Waals surface area contributed by atoms with Crippen molar-refractivity contribution in [3.05, 3.63) is 35.9 Å². The Labute approximate surface area is 704 Å². The van der Waals surface area contributed by atoms with Crippen molar-refractivity contribution in [2.45, 2.75) is 263 Å². The number of nitrogens with two attached hydrogens (primary N) is 2. The van der Waals surface area contributed by atoms with Gasteiger partial charge in [0.05, 0.1) is 44.5 Å². The molecule has 0 saturated carbocycles. The molecule has 1 aromatic rings. The Hall–Kier alpha value is -10.7. The van der Waals surface area contributed by atoms with Crippen LogP contribution in [0.25, 0.3) is 0 Å². The van der Waals surface area contributed by atoms with Crippen LogP contribution < -0.4 is 91.2 Å². The zero-order valence-corrected chi connectivity index (χ0v) is 71.3. The van der Waals surface area contributed by atoms with Crippen LogP contribution in [0.3, 0.4) is 0 Å². The summed E-state index contributed by atoms with van der Waals surface area (Å²) < 4.78 is 0. The van der Waals surface area contributed by atoms with Crippen LogP contribution in [-0.4, -0.2) is 294 Å². The van der Waals surface area contributed by atoms with E-state index in [2.05, 4.69) is 79.8 Å². The van der Waals surface area contributed by atoms with Crippen LogP contribution in [0.5, 0.6) is 0 Å². The van der Waals surface area contributed by atoms with Gasteiger partial charge in [0.25, 0.3) is 0 Å². The molecule has 682 valence electrons. The second-order valence-corrected chi connectivity index (χ2v) is 31.5. The van der Waals surface area contributed by atoms with E-state index in [4.69, 9.17) is 11.5 Å². The summed E-state index contributed by atoms with van der Waals surface area (Å²) in [6.45, 7) is 15.9. The molecule has 0 aromatic heterocycles. The Morgan fingerprint density at radius 1 is 0.372 bits per heavy atom. The summed E-state index contributed by atoms with van der Waals surface area (Å²) in [5.41, 5.74) is 11.8. The fourth-order valence-corrected chi connectivity index (χ4v) is 11.9. The molecule has 44 nitrogen and oxygen atoms in total. The number of primary amides is 1. The maximum atomic E-state index is 14.7. The van der Waals surface area contributed by atoms with Crippen molar-refractivity contribution in [1.29, 1.82) is 0 Å². The van der Waals surface area contributed by atoms with E-state index < -0.39 is 291 Å². The predicted molar refractivity (Wildman–Crippen MR) is 434 cm³/mol. The van der Waals surface area contributed by atoms with Gasteiger partial charge in [0, 0.05) is 19.3 Å². The molecule has 16 amide bonds. The summed E-state index contributed by atoms with van der Waals surface area (Å²) in [7, 11) is 0. The molecule has 0 saturated heterocycles. The normalized spacial score (nSPS) is 16.3. The number of carboxylic acid groups (broad SMARTS) is 3. The first-order chi connectivity index (χ1) is 56.5. The Morgan fingerprint density at radius 2 is 0.702 bits per heavy atom. The number of hydrogen-bond donors (Lipinski definition) is 25. The summed E-state index contributed by atoms with van der Waals surface area (Å²) >= 11 is 1.20. The molecular formula is C76H125N17O27S. The third kappa shape index (κ3) is 38.3. The van der Waals surface area contributed by atoms with Gasteiger partial charge >= 0.3 is 17.9 Å². The van der Waals surface area contributed by atoms with Crippen LogP contribution in [0.1, 0.15) is 153 Å². The molecular weight excluding hydrogens is 1610 g/mol. The van der Waals surface area contributed by atoms with Gasteiger partial charge in [0.1, 0.15) is 90.6 Å². The highest BCUT2D eigenvalue weighted by atomic mass is 32.2. The Bertz CT molecular complexity index is 3690. The molecule has 0 aliphatic rings. The van der Waals surface area contributed by atoms with Crippen LogP contribution in [0.4, 0.5) is 0 Å². The van der Waals surface area contributed by atoms with Crippen molar-refractivity contribution < 1.29 is 132 Å². The van der Waals surface area contributed by atoms with Crippen molar-refractivity contribution >= 4 is 124 Å². The van der Waals surface area contributed by atoms with E-state index in [0.717, 1.165) is 20.8 Å². The van der Waals surface area contributed by atoms with Crippen LogP contribution in [0.15, 0.2) is 30.3 Å². The number of rotatable bonds is 57. The van der Waals surface area contributed by atoms with Crippen molar-refractivity contribution in [3.63, 3.8) is 0 Å². The number of nitrogens with one attached hydrogen (secondary N) is 15. The molecule has 27 N–H and O–H groups in total. The molecule has 0 aliphatic carbocycles. The number of aliphatic carboxylic acids is 3. The Kier molecular flexibility index (Phi) is 48.8. The standard InChI is InChI=1S/C76H125N17O27S/c1-15-37(9)57(72(115)86-50(32-95)69(112)93-59(40(12)97)74(117)85-48(30-52(77)99)67(110)89-56(36(7)8)71(114)91-58(38(10)16-2)73(116)88-51(33-96)76(119)120)90-66(109)47(29-42-20-18-17-19-21-42)83-63(106)43(22-24-53(100)101)80-61(104)39(11)79-62(105)45(26-27-121-14)82-68(111)49(31-94)87-75(118)60(41(13)98)92-64(107)44(23-25-54(102)103)81-65(108)46(28-34(3)4)84-70(113)55(78)35(5)6/h17-21,34-41,43-51,55-60,94-98H,15-16,22-33,78H2,1-14H3,(H2,77,99)(H,79,105)(H,80,104)(H,81,108)(H,82,111)(H,83,106)(H,84,113)(H,85,117)(H,86,115)(H,87,118)(H,88,116)(H,89,110)(H,90,109)(H,91,114)(H,92,107)(H,93,112)(H,100,101)(H,102,103)(H,119,120)/t37-,38-,39-,40+,41+,43-,44-,45-,46-,47-,48-,49-,50-,51-,55-,56-,57-,58-,59-,60-/m0/s1. The van der Waals surface area contributed by atoms with Gasteiger partial charge in [-0.2, -0.15) is 11.8 Å². The molecule has 0 unspecified atom stereocenters. The average Bonchev–Trinajstić information content (AvgIpc) is 0.829. The maximum Gasteiger partial charge on any atom is 0.328 e.